The zero-order valence-electron chi connectivity index (χ0n) is 15.2. The second kappa shape index (κ2) is 7.44. The summed E-state index contributed by atoms with van der Waals surface area (Å²) in [6.45, 7) is 0.867. The average Bonchev–Trinajstić information content (AvgIpc) is 3.20. The van der Waals surface area contributed by atoms with Crippen molar-refractivity contribution in [1.29, 1.82) is 0 Å². The van der Waals surface area contributed by atoms with Crippen LogP contribution in [0.1, 0.15) is 47.2 Å². The standard InChI is InChI=1S/C21H24N2O3S/c24-21(22-19-7-3-4-8-19)17-9-11-20(12-10-17)27(25,26)23-14-13-16-5-1-2-6-18(16)15-23/h1-2,5-6,9-12,19H,3-4,7-8,13-15H2,(H,22,24). The van der Waals surface area contributed by atoms with E-state index in [-0.39, 0.29) is 16.8 Å². The molecule has 142 valence electrons. The molecule has 2 aliphatic rings. The normalized spacial score (nSPS) is 18.2. The predicted molar refractivity (Wildman–Crippen MR) is 104 cm³/mol. The van der Waals surface area contributed by atoms with Crippen LogP contribution in [0.5, 0.6) is 0 Å². The highest BCUT2D eigenvalue weighted by Crippen LogP contribution is 2.25. The molecule has 6 heteroatoms. The fraction of sp³-hybridized carbons (Fsp3) is 0.381. The number of nitrogens with zero attached hydrogens (tertiary/aromatic N) is 1. The summed E-state index contributed by atoms with van der Waals surface area (Å²) in [6, 6.07) is 14.5. The lowest BCUT2D eigenvalue weighted by Crippen LogP contribution is -2.36. The summed E-state index contributed by atoms with van der Waals surface area (Å²) in [5, 5.41) is 3.03. The molecule has 0 radical (unpaired) electrons. The molecule has 0 spiro atoms. The number of sulfonamides is 1. The van der Waals surface area contributed by atoms with Crippen LogP contribution in [0.25, 0.3) is 0 Å². The van der Waals surface area contributed by atoms with Gasteiger partial charge in [0.15, 0.2) is 0 Å². The van der Waals surface area contributed by atoms with Crippen molar-refractivity contribution in [1.82, 2.24) is 9.62 Å². The van der Waals surface area contributed by atoms with Crippen LogP contribution in [0.2, 0.25) is 0 Å². The molecule has 1 saturated carbocycles. The minimum absolute atomic E-state index is 0.127. The highest BCUT2D eigenvalue weighted by atomic mass is 32.2. The molecular weight excluding hydrogens is 360 g/mol. The third-order valence-electron chi connectivity index (χ3n) is 5.54. The summed E-state index contributed by atoms with van der Waals surface area (Å²) < 4.78 is 27.5. The van der Waals surface area contributed by atoms with E-state index in [0.29, 0.717) is 18.7 Å². The van der Waals surface area contributed by atoms with Gasteiger partial charge in [0.25, 0.3) is 5.91 Å². The van der Waals surface area contributed by atoms with Gasteiger partial charge in [0.05, 0.1) is 4.90 Å². The van der Waals surface area contributed by atoms with Crippen molar-refractivity contribution < 1.29 is 13.2 Å². The SMILES string of the molecule is O=C(NC1CCCC1)c1ccc(S(=O)(=O)N2CCc3ccccc3C2)cc1. The Hall–Kier alpha value is -2.18. The molecule has 0 saturated heterocycles. The van der Waals surface area contributed by atoms with Gasteiger partial charge in [-0.1, -0.05) is 37.1 Å². The van der Waals surface area contributed by atoms with Gasteiger partial charge in [-0.25, -0.2) is 8.42 Å². The van der Waals surface area contributed by atoms with Gasteiger partial charge in [-0.15, -0.1) is 0 Å². The van der Waals surface area contributed by atoms with Crippen LogP contribution >= 0.6 is 0 Å². The highest BCUT2D eigenvalue weighted by molar-refractivity contribution is 7.89. The molecule has 0 bridgehead atoms. The van der Waals surface area contributed by atoms with Crippen molar-refractivity contribution in [2.75, 3.05) is 6.54 Å². The lowest BCUT2D eigenvalue weighted by atomic mass is 10.0. The lowest BCUT2D eigenvalue weighted by Gasteiger charge is -2.28. The van der Waals surface area contributed by atoms with Crippen molar-refractivity contribution in [2.45, 2.75) is 49.6 Å². The first kappa shape index (κ1) is 18.2. The molecule has 1 aliphatic carbocycles. The summed E-state index contributed by atoms with van der Waals surface area (Å²) in [5.74, 6) is -0.127. The quantitative estimate of drug-likeness (QED) is 0.881. The van der Waals surface area contributed by atoms with Crippen molar-refractivity contribution in [3.05, 3.63) is 65.2 Å². The van der Waals surface area contributed by atoms with Crippen molar-refractivity contribution in [2.24, 2.45) is 0 Å². The monoisotopic (exact) mass is 384 g/mol. The average molecular weight is 385 g/mol. The molecule has 5 nitrogen and oxygen atoms in total. The fourth-order valence-corrected chi connectivity index (χ4v) is 5.36. The molecule has 2 aromatic rings. The van der Waals surface area contributed by atoms with Crippen molar-refractivity contribution in [3.8, 4) is 0 Å². The van der Waals surface area contributed by atoms with Crippen LogP contribution in [-0.4, -0.2) is 31.2 Å². The van der Waals surface area contributed by atoms with Crippen LogP contribution in [0, 0.1) is 0 Å². The van der Waals surface area contributed by atoms with Gasteiger partial charge in [0, 0.05) is 24.7 Å². The van der Waals surface area contributed by atoms with Gasteiger partial charge < -0.3 is 5.32 Å². The Morgan fingerprint density at radius 3 is 2.33 bits per heavy atom. The number of carbonyl (C=O) groups is 1. The van der Waals surface area contributed by atoms with E-state index in [1.807, 2.05) is 18.2 Å². The van der Waals surface area contributed by atoms with Crippen LogP contribution in [0.4, 0.5) is 0 Å². The first-order valence-corrected chi connectivity index (χ1v) is 11.0. The molecule has 0 aromatic heterocycles. The van der Waals surface area contributed by atoms with Gasteiger partial charge in [0.2, 0.25) is 10.0 Å². The number of fused-ring (bicyclic) bond motifs is 1. The molecule has 0 unspecified atom stereocenters. The van der Waals surface area contributed by atoms with E-state index < -0.39 is 10.0 Å². The Bertz CT molecular complexity index is 932. The van der Waals surface area contributed by atoms with Crippen LogP contribution in [0.3, 0.4) is 0 Å². The van der Waals surface area contributed by atoms with Gasteiger partial charge in [-0.2, -0.15) is 4.31 Å². The Morgan fingerprint density at radius 1 is 0.963 bits per heavy atom. The third kappa shape index (κ3) is 3.77. The fourth-order valence-electron chi connectivity index (χ4n) is 3.94. The number of hydrogen-bond donors (Lipinski definition) is 1. The summed E-state index contributed by atoms with van der Waals surface area (Å²) in [5.41, 5.74) is 2.77. The molecule has 1 fully saturated rings. The summed E-state index contributed by atoms with van der Waals surface area (Å²) >= 11 is 0. The molecule has 1 aliphatic heterocycles. The minimum Gasteiger partial charge on any atom is -0.349 e. The predicted octanol–water partition coefficient (Wildman–Crippen LogP) is 3.11. The van der Waals surface area contributed by atoms with Crippen molar-refractivity contribution in [3.63, 3.8) is 0 Å². The first-order chi connectivity index (χ1) is 13.0. The summed E-state index contributed by atoms with van der Waals surface area (Å²) in [6.07, 6.45) is 5.07. The second-order valence-electron chi connectivity index (χ2n) is 7.34. The van der Waals surface area contributed by atoms with Crippen LogP contribution in [-0.2, 0) is 23.0 Å². The van der Waals surface area contributed by atoms with E-state index in [4.69, 9.17) is 0 Å². The molecule has 27 heavy (non-hydrogen) atoms. The first-order valence-electron chi connectivity index (χ1n) is 9.52. The van der Waals surface area contributed by atoms with Gasteiger partial charge in [-0.3, -0.25) is 4.79 Å². The number of benzene rings is 2. The van der Waals surface area contributed by atoms with E-state index in [2.05, 4.69) is 11.4 Å². The Balaban J connectivity index is 1.48. The number of carbonyl (C=O) groups excluding carboxylic acids is 1. The van der Waals surface area contributed by atoms with E-state index in [0.717, 1.165) is 37.7 Å². The third-order valence-corrected chi connectivity index (χ3v) is 7.40. The van der Waals surface area contributed by atoms with Crippen LogP contribution < -0.4 is 5.32 Å². The number of rotatable bonds is 4. The van der Waals surface area contributed by atoms with E-state index in [9.17, 15) is 13.2 Å². The van der Waals surface area contributed by atoms with Gasteiger partial charge >= 0.3 is 0 Å². The second-order valence-corrected chi connectivity index (χ2v) is 9.27. The highest BCUT2D eigenvalue weighted by Gasteiger charge is 2.28. The molecule has 4 rings (SSSR count). The molecular formula is C21H24N2O3S. The molecule has 2 aromatic carbocycles. The number of amides is 1. The van der Waals surface area contributed by atoms with E-state index in [1.54, 1.807) is 24.3 Å². The summed E-state index contributed by atoms with van der Waals surface area (Å²) in [7, 11) is -3.57. The van der Waals surface area contributed by atoms with Gasteiger partial charge in [0.1, 0.15) is 0 Å². The molecule has 0 atom stereocenters. The lowest BCUT2D eigenvalue weighted by molar-refractivity contribution is 0.0937. The zero-order valence-corrected chi connectivity index (χ0v) is 16.0. The smallest absolute Gasteiger partial charge is 0.251 e. The minimum atomic E-state index is -3.57. The van der Waals surface area contributed by atoms with E-state index >= 15 is 0 Å². The largest absolute Gasteiger partial charge is 0.349 e. The Labute approximate surface area is 160 Å². The van der Waals surface area contributed by atoms with Gasteiger partial charge in [-0.05, 0) is 54.7 Å². The Morgan fingerprint density at radius 2 is 1.63 bits per heavy atom. The zero-order chi connectivity index (χ0) is 18.9. The maximum Gasteiger partial charge on any atom is 0.251 e. The Kier molecular flexibility index (Phi) is 5.02. The molecule has 1 N–H and O–H groups in total. The maximum atomic E-state index is 13.0. The maximum absolute atomic E-state index is 13.0. The van der Waals surface area contributed by atoms with E-state index in [1.165, 1.54) is 9.87 Å². The topological polar surface area (TPSA) is 66.5 Å². The molecule has 1 heterocycles. The number of hydrogen-bond acceptors (Lipinski definition) is 3. The van der Waals surface area contributed by atoms with Crippen molar-refractivity contribution >= 4 is 15.9 Å². The summed E-state index contributed by atoms with van der Waals surface area (Å²) in [4.78, 5) is 12.6. The van der Waals surface area contributed by atoms with Crippen LogP contribution in [0.15, 0.2) is 53.4 Å². The molecule has 1 amide bonds. The number of nitrogens with one attached hydrogen (secondary N) is 1.